The van der Waals surface area contributed by atoms with E-state index in [-0.39, 0.29) is 31.4 Å². The molecule has 2 N–H and O–H groups in total. The van der Waals surface area contributed by atoms with Gasteiger partial charge in [0.05, 0.1) is 19.6 Å². The van der Waals surface area contributed by atoms with Crippen molar-refractivity contribution < 1.29 is 37.7 Å². The molecule has 1 heterocycles. The minimum absolute atomic E-state index is 0.00764. The van der Waals surface area contributed by atoms with Crippen LogP contribution in [0, 0.1) is 0 Å². The number of hydrogen-bond acceptors (Lipinski definition) is 9. The largest absolute Gasteiger partial charge is 0.545 e. The number of rotatable bonds is 13. The van der Waals surface area contributed by atoms with Gasteiger partial charge in [-0.3, -0.25) is 14.5 Å². The smallest absolute Gasteiger partial charge is 0.382 e. The lowest BCUT2D eigenvalue weighted by atomic mass is 10.2. The first-order valence-corrected chi connectivity index (χ1v) is 10.8. The molecule has 0 aromatic heterocycles. The second-order valence-electron chi connectivity index (χ2n) is 5.47. The molecule has 2 amide bonds. The van der Waals surface area contributed by atoms with Crippen molar-refractivity contribution in [2.75, 3.05) is 33.5 Å². The van der Waals surface area contributed by atoms with Gasteiger partial charge in [-0.15, -0.1) is 5.50 Å². The van der Waals surface area contributed by atoms with Crippen LogP contribution in [0.3, 0.4) is 0 Å². The molecule has 0 saturated carbocycles. The molecule has 27 heavy (non-hydrogen) atoms. The van der Waals surface area contributed by atoms with Crippen molar-refractivity contribution >= 4 is 42.2 Å². The first-order valence-electron chi connectivity index (χ1n) is 8.17. The van der Waals surface area contributed by atoms with E-state index < -0.39 is 25.8 Å². The molecule has 0 radical (unpaired) electrons. The summed E-state index contributed by atoms with van der Waals surface area (Å²) in [6, 6.07) is 0. The SMILES string of the molecule is COCCOCC(=O)O[P+](N)(Cl)OC(=O)CCCCCN1C(=O)C=CC1=O. The van der Waals surface area contributed by atoms with Gasteiger partial charge in [0, 0.05) is 25.8 Å². The number of halogens is 1. The maximum absolute atomic E-state index is 11.7. The van der Waals surface area contributed by atoms with Crippen molar-refractivity contribution in [2.45, 2.75) is 25.7 Å². The Labute approximate surface area is 162 Å². The van der Waals surface area contributed by atoms with E-state index in [1.54, 1.807) is 0 Å². The molecule has 1 aliphatic heterocycles. The van der Waals surface area contributed by atoms with Crippen LogP contribution in [0.1, 0.15) is 25.7 Å². The highest BCUT2D eigenvalue weighted by molar-refractivity contribution is 7.90. The third-order valence-corrected chi connectivity index (χ3v) is 4.59. The fourth-order valence-corrected chi connectivity index (χ4v) is 3.23. The zero-order valence-corrected chi connectivity index (χ0v) is 16.6. The number of carbonyl (C=O) groups is 4. The van der Waals surface area contributed by atoms with E-state index >= 15 is 0 Å². The highest BCUT2D eigenvalue weighted by Gasteiger charge is 2.44. The van der Waals surface area contributed by atoms with Crippen LogP contribution in [-0.4, -0.2) is 62.1 Å². The number of carbonyl (C=O) groups excluding carboxylic acids is 4. The molecule has 0 spiro atoms. The van der Waals surface area contributed by atoms with Crippen LogP contribution in [0.5, 0.6) is 0 Å². The lowest BCUT2D eigenvalue weighted by Crippen LogP contribution is -2.30. The highest BCUT2D eigenvalue weighted by Crippen LogP contribution is 2.58. The van der Waals surface area contributed by atoms with Crippen molar-refractivity contribution in [3.63, 3.8) is 0 Å². The highest BCUT2D eigenvalue weighted by atomic mass is 35.7. The normalized spacial score (nSPS) is 15.7. The van der Waals surface area contributed by atoms with Crippen molar-refractivity contribution in [3.05, 3.63) is 12.2 Å². The van der Waals surface area contributed by atoms with Crippen molar-refractivity contribution in [3.8, 4) is 0 Å². The van der Waals surface area contributed by atoms with Gasteiger partial charge < -0.3 is 9.47 Å². The topological polar surface area (TPSA) is 134 Å². The number of hydrogen-bond donors (Lipinski definition) is 1. The summed E-state index contributed by atoms with van der Waals surface area (Å²) < 4.78 is 19.2. The minimum Gasteiger partial charge on any atom is -0.382 e. The Bertz CT molecular complexity index is 566. The Kier molecular flexibility index (Phi) is 10.4. The van der Waals surface area contributed by atoms with Crippen LogP contribution >= 0.6 is 18.5 Å². The summed E-state index contributed by atoms with van der Waals surface area (Å²) in [5, 5.41) is 0. The van der Waals surface area contributed by atoms with Gasteiger partial charge in [-0.25, -0.2) is 18.6 Å². The third-order valence-electron chi connectivity index (χ3n) is 3.27. The average molecular weight is 426 g/mol. The van der Waals surface area contributed by atoms with Crippen LogP contribution in [0.25, 0.3) is 0 Å². The third kappa shape index (κ3) is 9.78. The summed E-state index contributed by atoms with van der Waals surface area (Å²) in [7, 11) is -2.16. The zero-order valence-electron chi connectivity index (χ0n) is 14.9. The summed E-state index contributed by atoms with van der Waals surface area (Å²) in [6.45, 7) is 0.385. The van der Waals surface area contributed by atoms with Gasteiger partial charge in [0.2, 0.25) is 0 Å². The van der Waals surface area contributed by atoms with Crippen LogP contribution in [-0.2, 0) is 37.7 Å². The van der Waals surface area contributed by atoms with E-state index in [2.05, 4.69) is 0 Å². The molecule has 1 atom stereocenters. The van der Waals surface area contributed by atoms with E-state index in [1.165, 1.54) is 19.3 Å². The Morgan fingerprint density at radius 1 is 1.07 bits per heavy atom. The van der Waals surface area contributed by atoms with Gasteiger partial charge >= 0.3 is 19.2 Å². The Hall–Kier alpha value is -1.58. The monoisotopic (exact) mass is 425 g/mol. The predicted octanol–water partition coefficient (Wildman–Crippen LogP) is 1.10. The molecule has 0 fully saturated rings. The number of unbranched alkanes of at least 4 members (excludes halogenated alkanes) is 2. The molecule has 10 nitrogen and oxygen atoms in total. The lowest BCUT2D eigenvalue weighted by Gasteiger charge is -2.13. The average Bonchev–Trinajstić information content (AvgIpc) is 2.89. The lowest BCUT2D eigenvalue weighted by molar-refractivity contribution is -0.142. The number of nitrogens with two attached hydrogens (primary N) is 1. The van der Waals surface area contributed by atoms with Crippen molar-refractivity contribution in [1.82, 2.24) is 4.90 Å². The van der Waals surface area contributed by atoms with Crippen LogP contribution in [0.4, 0.5) is 0 Å². The molecule has 0 aromatic carbocycles. The van der Waals surface area contributed by atoms with Crippen LogP contribution < -0.4 is 5.50 Å². The first kappa shape index (κ1) is 23.5. The summed E-state index contributed by atoms with van der Waals surface area (Å²) in [4.78, 5) is 47.1. The van der Waals surface area contributed by atoms with E-state index in [0.717, 1.165) is 4.90 Å². The van der Waals surface area contributed by atoms with Crippen LogP contribution in [0.2, 0.25) is 0 Å². The molecule has 0 aliphatic carbocycles. The van der Waals surface area contributed by atoms with Gasteiger partial charge in [-0.05, 0) is 12.8 Å². The summed E-state index contributed by atoms with van der Waals surface area (Å²) >= 11 is 5.76. The molecule has 152 valence electrons. The number of imide groups is 1. The zero-order chi connectivity index (χ0) is 20.3. The second kappa shape index (κ2) is 12.0. The number of methoxy groups -OCH3 is 1. The van der Waals surface area contributed by atoms with E-state index in [4.69, 9.17) is 35.3 Å². The predicted molar refractivity (Wildman–Crippen MR) is 96.2 cm³/mol. The number of amides is 2. The fourth-order valence-electron chi connectivity index (χ4n) is 2.03. The maximum Gasteiger partial charge on any atom is 0.545 e. The molecule has 0 bridgehead atoms. The van der Waals surface area contributed by atoms with Crippen molar-refractivity contribution in [2.24, 2.45) is 5.50 Å². The van der Waals surface area contributed by atoms with Gasteiger partial charge in [-0.1, -0.05) is 6.42 Å². The molecule has 1 unspecified atom stereocenters. The molecular weight excluding hydrogens is 403 g/mol. The van der Waals surface area contributed by atoms with Gasteiger partial charge in [0.25, 0.3) is 11.8 Å². The Balaban J connectivity index is 2.16. The summed E-state index contributed by atoms with van der Waals surface area (Å²) in [5.41, 5.74) is 5.51. The van der Waals surface area contributed by atoms with E-state index in [1.807, 2.05) is 0 Å². The summed E-state index contributed by atoms with van der Waals surface area (Å²) in [5.74, 6) is -2.23. The molecule has 0 aromatic rings. The molecule has 1 aliphatic rings. The number of ether oxygens (including phenoxy) is 2. The Morgan fingerprint density at radius 2 is 1.70 bits per heavy atom. The molecule has 0 saturated heterocycles. The quantitative estimate of drug-likeness (QED) is 0.261. The minimum atomic E-state index is -3.64. The van der Waals surface area contributed by atoms with Crippen molar-refractivity contribution in [1.29, 1.82) is 0 Å². The molecular formula is C15H23ClN2O8P+. The maximum atomic E-state index is 11.7. The van der Waals surface area contributed by atoms with Gasteiger partial charge in [-0.2, -0.15) is 0 Å². The first-order chi connectivity index (χ1) is 12.7. The van der Waals surface area contributed by atoms with E-state index in [0.29, 0.717) is 25.9 Å². The Morgan fingerprint density at radius 3 is 2.33 bits per heavy atom. The standard InChI is InChI=1S/C15H23ClN2O8P/c1-23-9-10-24-11-15(22)26-27(16,17)25-14(21)5-3-2-4-8-18-12(19)6-7-13(18)20/h6-7H,2-5,8-11,17H2,1H3/q+1. The fraction of sp³-hybridized carbons (Fsp3) is 0.600. The van der Waals surface area contributed by atoms with E-state index in [9.17, 15) is 19.2 Å². The molecule has 12 heteroatoms. The van der Waals surface area contributed by atoms with Gasteiger partial charge in [0.1, 0.15) is 6.61 Å². The number of nitrogens with zero attached hydrogens (tertiary/aromatic N) is 1. The van der Waals surface area contributed by atoms with Gasteiger partial charge in [0.15, 0.2) is 11.2 Å². The second-order valence-corrected chi connectivity index (χ2v) is 8.29. The summed E-state index contributed by atoms with van der Waals surface area (Å²) in [6.07, 6.45) is 4.01. The van der Waals surface area contributed by atoms with Crippen LogP contribution in [0.15, 0.2) is 12.2 Å². The molecule has 1 rings (SSSR count).